The molecular weight excluding hydrogens is 646 g/mol. The molecule has 11 nitrogen and oxygen atoms in total. The first-order valence-electron chi connectivity index (χ1n) is 16.0. The summed E-state index contributed by atoms with van der Waals surface area (Å²) in [6.07, 6.45) is -3.28. The lowest BCUT2D eigenvalue weighted by molar-refractivity contribution is -0.198. The molecule has 0 saturated carbocycles. The Bertz CT molecular complexity index is 1820. The van der Waals surface area contributed by atoms with Crippen LogP contribution in [0.4, 0.5) is 29.3 Å². The van der Waals surface area contributed by atoms with Crippen LogP contribution in [0.5, 0.6) is 11.6 Å². The molecule has 49 heavy (non-hydrogen) atoms. The molecular formula is C34H37F4N7O4. The van der Waals surface area contributed by atoms with E-state index in [-0.39, 0.29) is 34.2 Å². The third-order valence-electron chi connectivity index (χ3n) is 9.06. The second kappa shape index (κ2) is 13.5. The van der Waals surface area contributed by atoms with Crippen LogP contribution < -0.4 is 25.4 Å². The van der Waals surface area contributed by atoms with Gasteiger partial charge in [0.2, 0.25) is 17.9 Å². The number of anilines is 2. The summed E-state index contributed by atoms with van der Waals surface area (Å²) in [6.45, 7) is 5.55. The van der Waals surface area contributed by atoms with Crippen LogP contribution in [0.15, 0.2) is 54.7 Å². The highest BCUT2D eigenvalue weighted by molar-refractivity contribution is 5.74. The Morgan fingerprint density at radius 1 is 1.12 bits per heavy atom. The Labute approximate surface area is 280 Å². The van der Waals surface area contributed by atoms with Crippen molar-refractivity contribution < 1.29 is 36.9 Å². The van der Waals surface area contributed by atoms with Crippen molar-refractivity contribution in [2.24, 2.45) is 5.41 Å². The third kappa shape index (κ3) is 7.41. The first kappa shape index (κ1) is 34.0. The molecule has 2 fully saturated rings. The fourth-order valence-electron chi connectivity index (χ4n) is 6.46. The van der Waals surface area contributed by atoms with Gasteiger partial charge in [-0.25, -0.2) is 9.07 Å². The number of aliphatic carboxylic acids is 1. The molecule has 0 bridgehead atoms. The molecule has 0 aliphatic carbocycles. The summed E-state index contributed by atoms with van der Waals surface area (Å²) in [4.78, 5) is 21.6. The number of nitrogens with zero attached hydrogens (tertiary/aromatic N) is 5. The molecule has 1 spiro atoms. The van der Waals surface area contributed by atoms with Crippen molar-refractivity contribution in [3.8, 4) is 28.4 Å². The zero-order valence-corrected chi connectivity index (χ0v) is 27.0. The number of benzene rings is 2. The molecule has 2 aromatic carbocycles. The summed E-state index contributed by atoms with van der Waals surface area (Å²) in [5.41, 5.74) is 7.10. The number of carboxylic acid groups (broad SMARTS) is 1. The number of nitrogens with one attached hydrogen (secondary N) is 1. The van der Waals surface area contributed by atoms with Crippen molar-refractivity contribution in [1.82, 2.24) is 25.1 Å². The number of alkyl halides is 3. The van der Waals surface area contributed by atoms with E-state index in [0.717, 1.165) is 0 Å². The number of nitrogens with two attached hydrogens (primary N) is 1. The average molecular weight is 684 g/mol. The summed E-state index contributed by atoms with van der Waals surface area (Å²) in [6, 6.07) is 11.0. The van der Waals surface area contributed by atoms with Gasteiger partial charge in [0, 0.05) is 37.5 Å². The van der Waals surface area contributed by atoms with E-state index in [4.69, 9.17) is 15.2 Å². The number of piperidine rings is 1. The van der Waals surface area contributed by atoms with Gasteiger partial charge in [-0.15, -0.1) is 0 Å². The lowest BCUT2D eigenvalue weighted by Gasteiger charge is -2.39. The van der Waals surface area contributed by atoms with Crippen molar-refractivity contribution in [3.63, 3.8) is 0 Å². The molecule has 2 aliphatic rings. The summed E-state index contributed by atoms with van der Waals surface area (Å²) in [7, 11) is 0. The Morgan fingerprint density at radius 3 is 2.49 bits per heavy atom. The van der Waals surface area contributed by atoms with Gasteiger partial charge in [0.05, 0.1) is 18.0 Å². The highest BCUT2D eigenvalue weighted by Gasteiger charge is 2.46. The van der Waals surface area contributed by atoms with E-state index in [1.54, 1.807) is 19.1 Å². The summed E-state index contributed by atoms with van der Waals surface area (Å²) in [5, 5.41) is 16.8. The van der Waals surface area contributed by atoms with Gasteiger partial charge in [0.25, 0.3) is 0 Å². The van der Waals surface area contributed by atoms with E-state index in [1.807, 2.05) is 11.8 Å². The minimum Gasteiger partial charge on any atom is -0.491 e. The van der Waals surface area contributed by atoms with Crippen LogP contribution in [0.1, 0.15) is 50.0 Å². The Hall–Kier alpha value is -4.92. The van der Waals surface area contributed by atoms with Crippen molar-refractivity contribution in [1.29, 1.82) is 0 Å². The smallest absolute Gasteiger partial charge is 0.429 e. The molecule has 6 rings (SSSR count). The maximum Gasteiger partial charge on any atom is 0.429 e. The van der Waals surface area contributed by atoms with E-state index in [0.29, 0.717) is 74.6 Å². The zero-order chi connectivity index (χ0) is 34.9. The number of aromatic nitrogens is 4. The van der Waals surface area contributed by atoms with Crippen LogP contribution in [0.3, 0.4) is 0 Å². The number of ether oxygens (including phenoxy) is 2. The molecule has 15 heteroatoms. The summed E-state index contributed by atoms with van der Waals surface area (Å²) >= 11 is 0. The largest absolute Gasteiger partial charge is 0.491 e. The van der Waals surface area contributed by atoms with Crippen molar-refractivity contribution in [2.45, 2.75) is 57.9 Å². The highest BCUT2D eigenvalue weighted by Crippen LogP contribution is 2.43. The number of hydrogen-bond acceptors (Lipinski definition) is 9. The topological polar surface area (TPSA) is 141 Å². The lowest BCUT2D eigenvalue weighted by Crippen LogP contribution is -2.41. The molecule has 2 atom stereocenters. The maximum absolute atomic E-state index is 14.9. The van der Waals surface area contributed by atoms with Gasteiger partial charge >= 0.3 is 12.1 Å². The first-order valence-corrected chi connectivity index (χ1v) is 16.0. The van der Waals surface area contributed by atoms with Gasteiger partial charge in [0.15, 0.2) is 11.6 Å². The molecule has 2 saturated heterocycles. The summed E-state index contributed by atoms with van der Waals surface area (Å²) < 4.78 is 71.9. The minimum atomic E-state index is -4.89. The Kier molecular flexibility index (Phi) is 9.38. The summed E-state index contributed by atoms with van der Waals surface area (Å²) in [5.74, 6) is -1.70. The van der Waals surface area contributed by atoms with Crippen LogP contribution in [-0.2, 0) is 4.79 Å². The van der Waals surface area contributed by atoms with Crippen LogP contribution in [0.2, 0.25) is 0 Å². The average Bonchev–Trinajstić information content (AvgIpc) is 3.69. The predicted molar refractivity (Wildman–Crippen MR) is 173 cm³/mol. The SMILES string of the molecule is CCCOc1ccc(-c2ccc(C(Oc3cc(N4CCC5(CC4)CN[C@H](C(=O)O)C5)nc(N)n3)C(F)(F)F)c(-n3ccc(C)n3)c2)cc1F. The molecule has 1 unspecified atom stereocenters. The van der Waals surface area contributed by atoms with E-state index in [1.165, 1.54) is 47.3 Å². The zero-order valence-electron chi connectivity index (χ0n) is 27.0. The highest BCUT2D eigenvalue weighted by atomic mass is 19.4. The number of aryl methyl sites for hydroxylation is 1. The fraction of sp³-hybridized carbons (Fsp3) is 0.412. The molecule has 0 radical (unpaired) electrons. The number of hydrogen-bond donors (Lipinski definition) is 3. The van der Waals surface area contributed by atoms with Gasteiger partial charge < -0.3 is 30.5 Å². The third-order valence-corrected chi connectivity index (χ3v) is 9.06. The Balaban J connectivity index is 1.30. The second-order valence-electron chi connectivity index (χ2n) is 12.6. The molecule has 4 aromatic rings. The van der Waals surface area contributed by atoms with Gasteiger partial charge in [-0.05, 0) is 73.4 Å². The number of carbonyl (C=O) groups is 1. The molecule has 4 heterocycles. The van der Waals surface area contributed by atoms with Crippen LogP contribution >= 0.6 is 0 Å². The van der Waals surface area contributed by atoms with Crippen LogP contribution in [0.25, 0.3) is 16.8 Å². The fourth-order valence-corrected chi connectivity index (χ4v) is 6.46. The molecule has 2 aromatic heterocycles. The standard InChI is InChI=1S/C34H37F4N7O4/c1-3-14-48-27-7-5-21(15-24(27)35)22-4-6-23(26(16-22)45-11-8-20(2)43-45)30(34(36,37)38)49-29-17-28(41-32(39)42-29)44-12-9-33(10-13-44)18-25(31(46)47)40-19-33/h4-8,11,15-17,25,30,40H,3,9-10,12-14,18-19H2,1-2H3,(H,46,47)(H2,39,41,42)/t25-,30?/m0/s1. The first-order chi connectivity index (χ1) is 23.3. The van der Waals surface area contributed by atoms with Gasteiger partial charge in [0.1, 0.15) is 11.9 Å². The maximum atomic E-state index is 14.9. The quantitative estimate of drug-likeness (QED) is 0.174. The van der Waals surface area contributed by atoms with E-state index in [9.17, 15) is 27.5 Å². The van der Waals surface area contributed by atoms with Crippen molar-refractivity contribution >= 4 is 17.7 Å². The molecule has 0 amide bonds. The van der Waals surface area contributed by atoms with Crippen LogP contribution in [-0.4, -0.2) is 69.3 Å². The van der Waals surface area contributed by atoms with Crippen LogP contribution in [0, 0.1) is 18.2 Å². The minimum absolute atomic E-state index is 0.0769. The van der Waals surface area contributed by atoms with E-state index >= 15 is 0 Å². The molecule has 260 valence electrons. The van der Waals surface area contributed by atoms with Crippen molar-refractivity contribution in [2.75, 3.05) is 36.9 Å². The Morgan fingerprint density at radius 2 is 1.86 bits per heavy atom. The van der Waals surface area contributed by atoms with E-state index in [2.05, 4.69) is 20.4 Å². The number of halogens is 4. The van der Waals surface area contributed by atoms with E-state index < -0.39 is 30.1 Å². The lowest BCUT2D eigenvalue weighted by atomic mass is 9.76. The monoisotopic (exact) mass is 683 g/mol. The normalized spacial score (nSPS) is 18.1. The molecule has 4 N–H and O–H groups in total. The van der Waals surface area contributed by atoms with Gasteiger partial charge in [-0.3, -0.25) is 4.79 Å². The second-order valence-corrected chi connectivity index (χ2v) is 12.6. The number of carboxylic acids is 1. The number of rotatable bonds is 10. The number of nitrogen functional groups attached to an aromatic ring is 1. The van der Waals surface area contributed by atoms with Gasteiger partial charge in [-0.2, -0.15) is 28.2 Å². The van der Waals surface area contributed by atoms with Gasteiger partial charge in [-0.1, -0.05) is 25.1 Å². The predicted octanol–water partition coefficient (Wildman–Crippen LogP) is 5.86. The van der Waals surface area contributed by atoms with Crippen molar-refractivity contribution in [3.05, 3.63) is 71.8 Å². The molecule has 2 aliphatic heterocycles.